The number of halogens is 3. The Balaban J connectivity index is 2.33. The highest BCUT2D eigenvalue weighted by molar-refractivity contribution is 14.1. The lowest BCUT2D eigenvalue weighted by Gasteiger charge is -2.15. The average molecular weight is 483 g/mol. The molecule has 0 spiro atoms. The molecule has 6 heteroatoms. The van der Waals surface area contributed by atoms with Crippen LogP contribution in [0, 0.1) is 3.57 Å². The van der Waals surface area contributed by atoms with E-state index in [0.717, 1.165) is 39.4 Å². The van der Waals surface area contributed by atoms with Crippen molar-refractivity contribution < 1.29 is 0 Å². The van der Waals surface area contributed by atoms with Gasteiger partial charge < -0.3 is 5.73 Å². The molecule has 2 aromatic rings. The van der Waals surface area contributed by atoms with Crippen molar-refractivity contribution in [1.29, 1.82) is 0 Å². The van der Waals surface area contributed by atoms with E-state index in [1.807, 2.05) is 10.7 Å². The minimum Gasteiger partial charge on any atom is -0.324 e. The zero-order chi connectivity index (χ0) is 15.6. The molecule has 0 radical (unpaired) electrons. The van der Waals surface area contributed by atoms with E-state index in [1.165, 1.54) is 3.57 Å². The summed E-state index contributed by atoms with van der Waals surface area (Å²) in [7, 11) is 0. The summed E-state index contributed by atoms with van der Waals surface area (Å²) >= 11 is 12.3. The monoisotopic (exact) mass is 481 g/mol. The maximum absolute atomic E-state index is 6.46. The summed E-state index contributed by atoms with van der Waals surface area (Å²) in [6, 6.07) is 6.08. The molecule has 1 atom stereocenters. The minimum atomic E-state index is -0.113. The summed E-state index contributed by atoms with van der Waals surface area (Å²) < 4.78 is 4.17. The maximum atomic E-state index is 6.46. The van der Waals surface area contributed by atoms with Gasteiger partial charge in [-0.3, -0.25) is 4.68 Å². The molecule has 1 unspecified atom stereocenters. The van der Waals surface area contributed by atoms with Gasteiger partial charge in [0, 0.05) is 27.1 Å². The van der Waals surface area contributed by atoms with Gasteiger partial charge in [0.15, 0.2) is 0 Å². The van der Waals surface area contributed by atoms with Crippen molar-refractivity contribution in [3.8, 4) is 0 Å². The molecule has 0 fully saturated rings. The molecule has 2 N–H and O–H groups in total. The van der Waals surface area contributed by atoms with E-state index in [9.17, 15) is 0 Å². The van der Waals surface area contributed by atoms with Crippen molar-refractivity contribution in [2.75, 3.05) is 0 Å². The predicted octanol–water partition coefficient (Wildman–Crippen LogP) is 4.73. The zero-order valence-corrected chi connectivity index (χ0v) is 16.5. The van der Waals surface area contributed by atoms with E-state index in [2.05, 4.69) is 69.6 Å². The molecule has 0 aliphatic carbocycles. The van der Waals surface area contributed by atoms with E-state index in [0.29, 0.717) is 6.42 Å². The highest BCUT2D eigenvalue weighted by Crippen LogP contribution is 2.30. The minimum absolute atomic E-state index is 0.113. The molecule has 114 valence electrons. The van der Waals surface area contributed by atoms with Crippen LogP contribution in [0.5, 0.6) is 0 Å². The molecule has 1 aromatic carbocycles. The fourth-order valence-electron chi connectivity index (χ4n) is 2.33. The summed E-state index contributed by atoms with van der Waals surface area (Å²) in [5.41, 5.74) is 9.47. The van der Waals surface area contributed by atoms with Crippen molar-refractivity contribution in [2.45, 2.75) is 39.3 Å². The Kier molecular flexibility index (Phi) is 6.11. The van der Waals surface area contributed by atoms with Crippen molar-refractivity contribution in [3.63, 3.8) is 0 Å². The van der Waals surface area contributed by atoms with Crippen LogP contribution in [0.4, 0.5) is 0 Å². The Morgan fingerprint density at radius 3 is 2.76 bits per heavy atom. The Hall–Kier alpha value is -0.110. The van der Waals surface area contributed by atoms with Gasteiger partial charge in [-0.1, -0.05) is 34.5 Å². The SMILES string of the molecule is CCc1nn(CC)c(CC(N)c2cc(I)ccc2Br)c1Cl. The fourth-order valence-corrected chi connectivity index (χ4v) is 3.73. The molecule has 0 saturated carbocycles. The standard InChI is InChI=1S/C15H18BrClIN3/c1-3-13-15(17)14(21(4-2)20-13)8-12(19)10-7-9(18)5-6-11(10)16/h5-7,12H,3-4,8,19H2,1-2H3. The molecule has 2 rings (SSSR count). The summed E-state index contributed by atoms with van der Waals surface area (Å²) in [4.78, 5) is 0. The number of aromatic nitrogens is 2. The summed E-state index contributed by atoms with van der Waals surface area (Å²) in [6.07, 6.45) is 1.51. The normalized spacial score (nSPS) is 12.7. The average Bonchev–Trinajstić information content (AvgIpc) is 2.77. The van der Waals surface area contributed by atoms with Gasteiger partial charge in [0.25, 0.3) is 0 Å². The molecule has 0 aliphatic heterocycles. The Labute approximate surface area is 152 Å². The third-order valence-corrected chi connectivity index (χ3v) is 5.29. The van der Waals surface area contributed by atoms with E-state index >= 15 is 0 Å². The first-order valence-corrected chi connectivity index (χ1v) is 9.17. The van der Waals surface area contributed by atoms with Gasteiger partial charge in [0.1, 0.15) is 0 Å². The topological polar surface area (TPSA) is 43.8 Å². The maximum Gasteiger partial charge on any atom is 0.0850 e. The van der Waals surface area contributed by atoms with Gasteiger partial charge in [0.05, 0.1) is 16.4 Å². The number of benzene rings is 1. The van der Waals surface area contributed by atoms with Crippen LogP contribution in [-0.2, 0) is 19.4 Å². The van der Waals surface area contributed by atoms with Gasteiger partial charge in [-0.05, 0) is 59.7 Å². The van der Waals surface area contributed by atoms with Gasteiger partial charge in [-0.2, -0.15) is 5.10 Å². The quantitative estimate of drug-likeness (QED) is 0.627. The second-order valence-electron chi connectivity index (χ2n) is 4.85. The predicted molar refractivity (Wildman–Crippen MR) is 99.8 cm³/mol. The van der Waals surface area contributed by atoms with E-state index in [4.69, 9.17) is 17.3 Å². The van der Waals surface area contributed by atoms with Gasteiger partial charge in [-0.15, -0.1) is 0 Å². The van der Waals surface area contributed by atoms with Crippen LogP contribution in [0.25, 0.3) is 0 Å². The molecule has 1 heterocycles. The van der Waals surface area contributed by atoms with Crippen LogP contribution in [0.15, 0.2) is 22.7 Å². The molecule has 3 nitrogen and oxygen atoms in total. The van der Waals surface area contributed by atoms with E-state index in [-0.39, 0.29) is 6.04 Å². The lowest BCUT2D eigenvalue weighted by Crippen LogP contribution is -2.17. The largest absolute Gasteiger partial charge is 0.324 e. The fraction of sp³-hybridized carbons (Fsp3) is 0.400. The summed E-state index contributed by atoms with van der Waals surface area (Å²) in [6.45, 7) is 4.93. The number of hydrogen-bond acceptors (Lipinski definition) is 2. The lowest BCUT2D eigenvalue weighted by molar-refractivity contribution is 0.585. The molecule has 0 aliphatic rings. The van der Waals surface area contributed by atoms with Crippen molar-refractivity contribution >= 4 is 50.1 Å². The molecule has 0 saturated heterocycles. The molecule has 0 bridgehead atoms. The molecule has 1 aromatic heterocycles. The Morgan fingerprint density at radius 2 is 2.14 bits per heavy atom. The third kappa shape index (κ3) is 3.81. The first-order valence-electron chi connectivity index (χ1n) is 6.92. The number of nitrogens with two attached hydrogens (primary N) is 1. The highest BCUT2D eigenvalue weighted by Gasteiger charge is 2.19. The first kappa shape index (κ1) is 17.2. The second-order valence-corrected chi connectivity index (χ2v) is 7.33. The van der Waals surface area contributed by atoms with Crippen molar-refractivity contribution in [3.05, 3.63) is 48.2 Å². The second kappa shape index (κ2) is 7.44. The Bertz CT molecular complexity index is 642. The number of rotatable bonds is 5. The van der Waals surface area contributed by atoms with Crippen LogP contribution in [0.1, 0.15) is 36.8 Å². The van der Waals surface area contributed by atoms with Crippen LogP contribution in [0.3, 0.4) is 0 Å². The number of hydrogen-bond donors (Lipinski definition) is 1. The summed E-state index contributed by atoms with van der Waals surface area (Å²) in [5, 5.41) is 5.31. The molecular weight excluding hydrogens is 464 g/mol. The first-order chi connectivity index (χ1) is 9.97. The number of aryl methyl sites for hydroxylation is 2. The van der Waals surface area contributed by atoms with Gasteiger partial charge in [-0.25, -0.2) is 0 Å². The van der Waals surface area contributed by atoms with Gasteiger partial charge in [0.2, 0.25) is 0 Å². The third-order valence-electron chi connectivity index (χ3n) is 3.46. The van der Waals surface area contributed by atoms with Gasteiger partial charge >= 0.3 is 0 Å². The number of nitrogens with zero attached hydrogens (tertiary/aromatic N) is 2. The lowest BCUT2D eigenvalue weighted by atomic mass is 10.0. The van der Waals surface area contributed by atoms with Crippen LogP contribution < -0.4 is 5.73 Å². The van der Waals surface area contributed by atoms with Crippen LogP contribution in [-0.4, -0.2) is 9.78 Å². The summed E-state index contributed by atoms with van der Waals surface area (Å²) in [5.74, 6) is 0. The van der Waals surface area contributed by atoms with E-state index < -0.39 is 0 Å². The Morgan fingerprint density at radius 1 is 1.43 bits per heavy atom. The van der Waals surface area contributed by atoms with Crippen molar-refractivity contribution in [1.82, 2.24) is 9.78 Å². The molecular formula is C15H18BrClIN3. The zero-order valence-electron chi connectivity index (χ0n) is 12.0. The van der Waals surface area contributed by atoms with E-state index in [1.54, 1.807) is 0 Å². The molecule has 0 amide bonds. The molecule has 21 heavy (non-hydrogen) atoms. The highest BCUT2D eigenvalue weighted by atomic mass is 127. The van der Waals surface area contributed by atoms with Crippen molar-refractivity contribution in [2.24, 2.45) is 5.73 Å². The van der Waals surface area contributed by atoms with Crippen LogP contribution >= 0.6 is 50.1 Å². The van der Waals surface area contributed by atoms with Crippen LogP contribution in [0.2, 0.25) is 5.02 Å². The smallest absolute Gasteiger partial charge is 0.0850 e.